The normalized spacial score (nSPS) is 24.4. The lowest BCUT2D eigenvalue weighted by molar-refractivity contribution is -0.138. The van der Waals surface area contributed by atoms with Crippen LogP contribution in [0.4, 0.5) is 0 Å². The summed E-state index contributed by atoms with van der Waals surface area (Å²) in [6.45, 7) is 5.24. The average Bonchev–Trinajstić information content (AvgIpc) is 2.60. The van der Waals surface area contributed by atoms with E-state index >= 15 is 0 Å². The summed E-state index contributed by atoms with van der Waals surface area (Å²) >= 11 is 0. The molecular weight excluding hydrogens is 236 g/mol. The molecule has 0 saturated carbocycles. The maximum atomic E-state index is 11.5. The number of aliphatic hydroxyl groups is 1. The van der Waals surface area contributed by atoms with Crippen molar-refractivity contribution in [1.82, 2.24) is 10.2 Å². The highest BCUT2D eigenvalue weighted by molar-refractivity contribution is 5.76. The minimum absolute atomic E-state index is 0.00951. The Kier molecular flexibility index (Phi) is 5.55. The summed E-state index contributed by atoms with van der Waals surface area (Å²) in [5.74, 6) is -0.389. The second-order valence-corrected chi connectivity index (χ2v) is 5.14. The minimum atomic E-state index is -0.847. The fraction of sp³-hybridized carbons (Fsp3) is 0.833. The van der Waals surface area contributed by atoms with E-state index in [1.54, 1.807) is 0 Å². The molecule has 1 heterocycles. The van der Waals surface area contributed by atoms with Crippen LogP contribution in [0.2, 0.25) is 0 Å². The number of carboxylic acids is 1. The van der Waals surface area contributed by atoms with Gasteiger partial charge in [0.2, 0.25) is 5.91 Å². The predicted octanol–water partition coefficient (Wildman–Crippen LogP) is -0.474. The standard InChI is InChI=1S/C12H22N2O4/c1-8(2)9-5-14(7-12(17)18)6-10(9)13-11(16)3-4-15/h8-10,15H,3-7H2,1-2H3,(H,13,16)(H,17,18). The number of likely N-dealkylation sites (tertiary alicyclic amines) is 1. The third-order valence-electron chi connectivity index (χ3n) is 3.34. The van der Waals surface area contributed by atoms with E-state index < -0.39 is 5.97 Å². The first-order chi connectivity index (χ1) is 8.43. The fourth-order valence-electron chi connectivity index (χ4n) is 2.44. The average molecular weight is 258 g/mol. The summed E-state index contributed by atoms with van der Waals surface area (Å²) < 4.78 is 0. The third kappa shape index (κ3) is 4.27. The number of aliphatic carboxylic acids is 1. The molecule has 1 aliphatic rings. The minimum Gasteiger partial charge on any atom is -0.480 e. The quantitative estimate of drug-likeness (QED) is 0.599. The van der Waals surface area contributed by atoms with E-state index in [9.17, 15) is 9.59 Å². The van der Waals surface area contributed by atoms with Gasteiger partial charge < -0.3 is 15.5 Å². The van der Waals surface area contributed by atoms with Crippen LogP contribution in [0.25, 0.3) is 0 Å². The summed E-state index contributed by atoms with van der Waals surface area (Å²) in [5.41, 5.74) is 0. The molecule has 1 rings (SSSR count). The van der Waals surface area contributed by atoms with E-state index in [1.807, 2.05) is 4.90 Å². The van der Waals surface area contributed by atoms with Crippen LogP contribution in [-0.4, -0.2) is 59.3 Å². The number of carboxylic acid groups (broad SMARTS) is 1. The molecule has 0 spiro atoms. The number of carbonyl (C=O) groups is 2. The first kappa shape index (κ1) is 14.9. The smallest absolute Gasteiger partial charge is 0.317 e. The van der Waals surface area contributed by atoms with Crippen LogP contribution in [0.15, 0.2) is 0 Å². The Balaban J connectivity index is 2.57. The molecule has 0 radical (unpaired) electrons. The maximum absolute atomic E-state index is 11.5. The molecule has 0 aromatic carbocycles. The molecule has 0 aliphatic carbocycles. The van der Waals surface area contributed by atoms with Crippen LogP contribution in [-0.2, 0) is 9.59 Å². The van der Waals surface area contributed by atoms with E-state index in [1.165, 1.54) is 0 Å². The SMILES string of the molecule is CC(C)C1CN(CC(=O)O)CC1NC(=O)CCO. The van der Waals surface area contributed by atoms with Crippen molar-refractivity contribution in [2.45, 2.75) is 26.3 Å². The van der Waals surface area contributed by atoms with Gasteiger partial charge in [0.15, 0.2) is 0 Å². The summed E-state index contributed by atoms with van der Waals surface area (Å²) in [5, 5.41) is 20.4. The summed E-state index contributed by atoms with van der Waals surface area (Å²) in [4.78, 5) is 24.0. The van der Waals surface area contributed by atoms with Crippen molar-refractivity contribution in [1.29, 1.82) is 0 Å². The number of carbonyl (C=O) groups excluding carboxylic acids is 1. The first-order valence-corrected chi connectivity index (χ1v) is 6.28. The largest absolute Gasteiger partial charge is 0.480 e. The fourth-order valence-corrected chi connectivity index (χ4v) is 2.44. The molecule has 0 aromatic rings. The molecule has 0 aromatic heterocycles. The van der Waals surface area contributed by atoms with Crippen molar-refractivity contribution >= 4 is 11.9 Å². The molecule has 3 N–H and O–H groups in total. The number of nitrogens with one attached hydrogen (secondary N) is 1. The van der Waals surface area contributed by atoms with Gasteiger partial charge in [0.1, 0.15) is 0 Å². The number of nitrogens with zero attached hydrogens (tertiary/aromatic N) is 1. The van der Waals surface area contributed by atoms with Crippen LogP contribution < -0.4 is 5.32 Å². The molecule has 0 bridgehead atoms. The van der Waals surface area contributed by atoms with Crippen molar-refractivity contribution in [2.75, 3.05) is 26.2 Å². The van der Waals surface area contributed by atoms with Gasteiger partial charge in [0.25, 0.3) is 0 Å². The Morgan fingerprint density at radius 1 is 1.39 bits per heavy atom. The molecule has 1 amide bonds. The van der Waals surface area contributed by atoms with Gasteiger partial charge in [0, 0.05) is 25.6 Å². The Morgan fingerprint density at radius 2 is 2.06 bits per heavy atom. The van der Waals surface area contributed by atoms with Crippen molar-refractivity contribution < 1.29 is 19.8 Å². The molecule has 18 heavy (non-hydrogen) atoms. The zero-order chi connectivity index (χ0) is 13.7. The third-order valence-corrected chi connectivity index (χ3v) is 3.34. The van der Waals surface area contributed by atoms with Crippen molar-refractivity contribution in [3.63, 3.8) is 0 Å². The van der Waals surface area contributed by atoms with Gasteiger partial charge in [-0.15, -0.1) is 0 Å². The molecule has 1 fully saturated rings. The summed E-state index contributed by atoms with van der Waals surface area (Å²) in [6.07, 6.45) is 0.0975. The van der Waals surface area contributed by atoms with Gasteiger partial charge in [-0.3, -0.25) is 14.5 Å². The van der Waals surface area contributed by atoms with Gasteiger partial charge in [-0.1, -0.05) is 13.8 Å². The monoisotopic (exact) mass is 258 g/mol. The lowest BCUT2D eigenvalue weighted by Crippen LogP contribution is -2.42. The molecule has 1 saturated heterocycles. The number of rotatable bonds is 6. The van der Waals surface area contributed by atoms with Crippen LogP contribution in [0.1, 0.15) is 20.3 Å². The highest BCUT2D eigenvalue weighted by atomic mass is 16.4. The molecular formula is C12H22N2O4. The van der Waals surface area contributed by atoms with E-state index in [0.29, 0.717) is 19.0 Å². The highest BCUT2D eigenvalue weighted by Gasteiger charge is 2.35. The Bertz CT molecular complexity index is 306. The number of hydrogen-bond donors (Lipinski definition) is 3. The van der Waals surface area contributed by atoms with E-state index in [0.717, 1.165) is 0 Å². The summed E-state index contributed by atoms with van der Waals surface area (Å²) in [7, 11) is 0. The zero-order valence-electron chi connectivity index (χ0n) is 10.9. The second-order valence-electron chi connectivity index (χ2n) is 5.14. The number of aliphatic hydroxyl groups excluding tert-OH is 1. The van der Waals surface area contributed by atoms with Gasteiger partial charge in [-0.2, -0.15) is 0 Å². The number of amides is 1. The topological polar surface area (TPSA) is 89.9 Å². The molecule has 2 unspecified atom stereocenters. The van der Waals surface area contributed by atoms with Gasteiger partial charge in [-0.05, 0) is 11.8 Å². The van der Waals surface area contributed by atoms with Gasteiger partial charge >= 0.3 is 5.97 Å². The molecule has 6 nitrogen and oxygen atoms in total. The van der Waals surface area contributed by atoms with Crippen LogP contribution in [0.3, 0.4) is 0 Å². The van der Waals surface area contributed by atoms with E-state index in [2.05, 4.69) is 19.2 Å². The molecule has 104 valence electrons. The van der Waals surface area contributed by atoms with E-state index in [-0.39, 0.29) is 37.4 Å². The Morgan fingerprint density at radius 3 is 2.56 bits per heavy atom. The molecule has 1 aliphatic heterocycles. The maximum Gasteiger partial charge on any atom is 0.317 e. The van der Waals surface area contributed by atoms with Crippen LogP contribution in [0, 0.1) is 11.8 Å². The second kappa shape index (κ2) is 6.70. The molecule has 2 atom stereocenters. The molecule has 6 heteroatoms. The lowest BCUT2D eigenvalue weighted by atomic mass is 9.91. The highest BCUT2D eigenvalue weighted by Crippen LogP contribution is 2.24. The van der Waals surface area contributed by atoms with Crippen LogP contribution in [0.5, 0.6) is 0 Å². The lowest BCUT2D eigenvalue weighted by Gasteiger charge is -2.22. The van der Waals surface area contributed by atoms with Gasteiger partial charge in [-0.25, -0.2) is 0 Å². The number of hydrogen-bond acceptors (Lipinski definition) is 4. The van der Waals surface area contributed by atoms with Crippen LogP contribution >= 0.6 is 0 Å². The van der Waals surface area contributed by atoms with E-state index in [4.69, 9.17) is 10.2 Å². The summed E-state index contributed by atoms with van der Waals surface area (Å²) in [6, 6.07) is -0.0246. The van der Waals surface area contributed by atoms with Crippen molar-refractivity contribution in [3.8, 4) is 0 Å². The van der Waals surface area contributed by atoms with Crippen molar-refractivity contribution in [3.05, 3.63) is 0 Å². The first-order valence-electron chi connectivity index (χ1n) is 6.28. The Hall–Kier alpha value is -1.14. The zero-order valence-corrected chi connectivity index (χ0v) is 10.9. The Labute approximate surface area is 107 Å². The predicted molar refractivity (Wildman–Crippen MR) is 66.0 cm³/mol. The van der Waals surface area contributed by atoms with Crippen molar-refractivity contribution in [2.24, 2.45) is 11.8 Å². The van der Waals surface area contributed by atoms with Gasteiger partial charge in [0.05, 0.1) is 13.2 Å².